The second-order valence-electron chi connectivity index (χ2n) is 3.11. The number of nitrogens with one attached hydrogen (secondary N) is 1. The van der Waals surface area contributed by atoms with E-state index in [1.165, 1.54) is 0 Å². The standard InChI is InChI=1S/C10H17N3O3/c1-8-12-9(7-10(13-8)15-2)11-3-5-16-6-4-14/h7,14H,3-6H2,1-2H3,(H,11,12,13). The Morgan fingerprint density at radius 1 is 1.38 bits per heavy atom. The molecule has 2 N–H and O–H groups in total. The Bertz CT molecular complexity index is 320. The van der Waals surface area contributed by atoms with Crippen molar-refractivity contribution in [1.82, 2.24) is 9.97 Å². The number of aliphatic hydroxyl groups is 1. The van der Waals surface area contributed by atoms with E-state index in [4.69, 9.17) is 14.6 Å². The second kappa shape index (κ2) is 6.97. The third-order valence-electron chi connectivity index (χ3n) is 1.81. The molecule has 0 aromatic carbocycles. The van der Waals surface area contributed by atoms with E-state index in [1.54, 1.807) is 20.1 Å². The Balaban J connectivity index is 2.38. The van der Waals surface area contributed by atoms with Crippen LogP contribution in [0.15, 0.2) is 6.07 Å². The number of nitrogens with zero attached hydrogens (tertiary/aromatic N) is 2. The summed E-state index contributed by atoms with van der Waals surface area (Å²) in [7, 11) is 1.57. The first-order chi connectivity index (χ1) is 7.76. The van der Waals surface area contributed by atoms with E-state index in [0.717, 1.165) is 0 Å². The summed E-state index contributed by atoms with van der Waals surface area (Å²) in [6.07, 6.45) is 0. The maximum Gasteiger partial charge on any atom is 0.218 e. The molecule has 0 atom stereocenters. The van der Waals surface area contributed by atoms with Crippen LogP contribution in [-0.4, -0.2) is 48.5 Å². The lowest BCUT2D eigenvalue weighted by molar-refractivity contribution is 0.0992. The van der Waals surface area contributed by atoms with Crippen LogP contribution in [0.5, 0.6) is 5.88 Å². The van der Waals surface area contributed by atoms with E-state index in [9.17, 15) is 0 Å². The number of hydrogen-bond acceptors (Lipinski definition) is 6. The quantitative estimate of drug-likeness (QED) is 0.649. The Kier molecular flexibility index (Phi) is 5.52. The minimum absolute atomic E-state index is 0.0421. The fraction of sp³-hybridized carbons (Fsp3) is 0.600. The summed E-state index contributed by atoms with van der Waals surface area (Å²) in [4.78, 5) is 8.26. The van der Waals surface area contributed by atoms with Crippen LogP contribution in [0.2, 0.25) is 0 Å². The maximum atomic E-state index is 8.50. The van der Waals surface area contributed by atoms with Gasteiger partial charge in [-0.15, -0.1) is 0 Å². The number of methoxy groups -OCH3 is 1. The molecule has 0 aliphatic carbocycles. The summed E-state index contributed by atoms with van der Waals surface area (Å²) < 4.78 is 10.1. The zero-order valence-corrected chi connectivity index (χ0v) is 9.56. The van der Waals surface area contributed by atoms with Crippen LogP contribution in [0.25, 0.3) is 0 Å². The normalized spacial score (nSPS) is 10.2. The zero-order chi connectivity index (χ0) is 11.8. The lowest BCUT2D eigenvalue weighted by Gasteiger charge is -2.07. The van der Waals surface area contributed by atoms with Crippen molar-refractivity contribution in [3.8, 4) is 5.88 Å². The number of rotatable bonds is 7. The monoisotopic (exact) mass is 227 g/mol. The highest BCUT2D eigenvalue weighted by atomic mass is 16.5. The van der Waals surface area contributed by atoms with Crippen molar-refractivity contribution in [1.29, 1.82) is 0 Å². The van der Waals surface area contributed by atoms with Gasteiger partial charge in [0.1, 0.15) is 11.6 Å². The van der Waals surface area contributed by atoms with E-state index in [1.807, 2.05) is 0 Å². The molecule has 0 aliphatic rings. The first kappa shape index (κ1) is 12.7. The molecule has 1 aromatic heterocycles. The van der Waals surface area contributed by atoms with Crippen molar-refractivity contribution in [3.63, 3.8) is 0 Å². The summed E-state index contributed by atoms with van der Waals surface area (Å²) >= 11 is 0. The van der Waals surface area contributed by atoms with E-state index in [0.29, 0.717) is 37.3 Å². The van der Waals surface area contributed by atoms with Gasteiger partial charge in [-0.3, -0.25) is 0 Å². The molecule has 16 heavy (non-hydrogen) atoms. The Morgan fingerprint density at radius 3 is 2.88 bits per heavy atom. The number of ether oxygens (including phenoxy) is 2. The molecule has 0 aliphatic heterocycles. The zero-order valence-electron chi connectivity index (χ0n) is 9.56. The second-order valence-corrected chi connectivity index (χ2v) is 3.11. The summed E-state index contributed by atoms with van der Waals surface area (Å²) in [5.41, 5.74) is 0. The summed E-state index contributed by atoms with van der Waals surface area (Å²) in [6, 6.07) is 1.72. The molecule has 1 rings (SSSR count). The van der Waals surface area contributed by atoms with Crippen molar-refractivity contribution in [2.24, 2.45) is 0 Å². The van der Waals surface area contributed by atoms with Crippen LogP contribution >= 0.6 is 0 Å². The molecule has 6 nitrogen and oxygen atoms in total. The van der Waals surface area contributed by atoms with Crippen molar-refractivity contribution < 1.29 is 14.6 Å². The smallest absolute Gasteiger partial charge is 0.218 e. The molecule has 0 saturated heterocycles. The SMILES string of the molecule is COc1cc(NCCOCCO)nc(C)n1. The van der Waals surface area contributed by atoms with E-state index < -0.39 is 0 Å². The highest BCUT2D eigenvalue weighted by molar-refractivity contribution is 5.38. The third-order valence-corrected chi connectivity index (χ3v) is 1.81. The van der Waals surface area contributed by atoms with Crippen LogP contribution in [0, 0.1) is 6.92 Å². The van der Waals surface area contributed by atoms with Gasteiger partial charge in [-0.25, -0.2) is 4.98 Å². The van der Waals surface area contributed by atoms with Gasteiger partial charge in [0.25, 0.3) is 0 Å². The van der Waals surface area contributed by atoms with Crippen LogP contribution in [0.3, 0.4) is 0 Å². The van der Waals surface area contributed by atoms with Crippen molar-refractivity contribution in [2.45, 2.75) is 6.92 Å². The van der Waals surface area contributed by atoms with Gasteiger partial charge in [-0.2, -0.15) is 4.98 Å². The van der Waals surface area contributed by atoms with E-state index in [-0.39, 0.29) is 6.61 Å². The minimum atomic E-state index is 0.0421. The Hall–Kier alpha value is -1.40. The molecule has 0 unspecified atom stereocenters. The van der Waals surface area contributed by atoms with Gasteiger partial charge in [-0.1, -0.05) is 0 Å². The minimum Gasteiger partial charge on any atom is -0.481 e. The molecule has 0 bridgehead atoms. The molecular weight excluding hydrogens is 210 g/mol. The lowest BCUT2D eigenvalue weighted by Crippen LogP contribution is -2.12. The van der Waals surface area contributed by atoms with Gasteiger partial charge in [0, 0.05) is 12.6 Å². The molecule has 0 fully saturated rings. The number of aromatic nitrogens is 2. The molecule has 6 heteroatoms. The molecule has 90 valence electrons. The summed E-state index contributed by atoms with van der Waals surface area (Å²) in [5, 5.41) is 11.6. The van der Waals surface area contributed by atoms with Crippen LogP contribution in [-0.2, 0) is 4.74 Å². The molecule has 1 heterocycles. The molecule has 0 amide bonds. The molecule has 0 spiro atoms. The fourth-order valence-corrected chi connectivity index (χ4v) is 1.15. The van der Waals surface area contributed by atoms with Crippen LogP contribution < -0.4 is 10.1 Å². The molecule has 0 saturated carbocycles. The predicted octanol–water partition coefficient (Wildman–Crippen LogP) is 0.214. The predicted molar refractivity (Wildman–Crippen MR) is 59.7 cm³/mol. The number of aliphatic hydroxyl groups excluding tert-OH is 1. The fourth-order valence-electron chi connectivity index (χ4n) is 1.15. The largest absolute Gasteiger partial charge is 0.481 e. The lowest BCUT2D eigenvalue weighted by atomic mass is 10.5. The first-order valence-electron chi connectivity index (χ1n) is 5.08. The van der Waals surface area contributed by atoms with Gasteiger partial charge in [0.15, 0.2) is 0 Å². The summed E-state index contributed by atoms with van der Waals surface area (Å²) in [6.45, 7) is 3.34. The van der Waals surface area contributed by atoms with Crippen molar-refractivity contribution in [2.75, 3.05) is 38.8 Å². The molecular formula is C10H17N3O3. The van der Waals surface area contributed by atoms with Crippen LogP contribution in [0.4, 0.5) is 5.82 Å². The highest BCUT2D eigenvalue weighted by Crippen LogP contribution is 2.11. The van der Waals surface area contributed by atoms with Gasteiger partial charge < -0.3 is 19.9 Å². The number of aryl methyl sites for hydroxylation is 1. The third kappa shape index (κ3) is 4.41. The van der Waals surface area contributed by atoms with Crippen molar-refractivity contribution in [3.05, 3.63) is 11.9 Å². The average Bonchev–Trinajstić information content (AvgIpc) is 2.28. The molecule has 0 radical (unpaired) electrons. The topological polar surface area (TPSA) is 76.5 Å². The molecule has 1 aromatic rings. The van der Waals surface area contributed by atoms with E-state index in [2.05, 4.69) is 15.3 Å². The Labute approximate surface area is 94.6 Å². The first-order valence-corrected chi connectivity index (χ1v) is 5.08. The van der Waals surface area contributed by atoms with E-state index >= 15 is 0 Å². The summed E-state index contributed by atoms with van der Waals surface area (Å²) in [5.74, 6) is 1.89. The van der Waals surface area contributed by atoms with Crippen molar-refractivity contribution >= 4 is 5.82 Å². The van der Waals surface area contributed by atoms with Gasteiger partial charge in [0.05, 0.1) is 26.9 Å². The number of hydrogen-bond donors (Lipinski definition) is 2. The van der Waals surface area contributed by atoms with Crippen LogP contribution in [0.1, 0.15) is 5.82 Å². The maximum absolute atomic E-state index is 8.50. The number of anilines is 1. The average molecular weight is 227 g/mol. The van der Waals surface area contributed by atoms with Gasteiger partial charge >= 0.3 is 0 Å². The van der Waals surface area contributed by atoms with Gasteiger partial charge in [0.2, 0.25) is 5.88 Å². The van der Waals surface area contributed by atoms with Gasteiger partial charge in [-0.05, 0) is 6.92 Å². The highest BCUT2D eigenvalue weighted by Gasteiger charge is 2.00. The Morgan fingerprint density at radius 2 is 2.19 bits per heavy atom.